The number of ether oxygens (including phenoxy) is 1. The van der Waals surface area contributed by atoms with Crippen molar-refractivity contribution in [3.05, 3.63) is 52.0 Å². The Morgan fingerprint density at radius 3 is 2.62 bits per heavy atom. The summed E-state index contributed by atoms with van der Waals surface area (Å²) in [5.41, 5.74) is 2.36. The normalized spacial score (nSPS) is 12.3. The van der Waals surface area contributed by atoms with Crippen LogP contribution in [0.2, 0.25) is 0 Å². The van der Waals surface area contributed by atoms with Crippen LogP contribution < -0.4 is 10.6 Å². The predicted molar refractivity (Wildman–Crippen MR) is 138 cm³/mol. The third kappa shape index (κ3) is 6.24. The van der Waals surface area contributed by atoms with E-state index < -0.39 is 6.04 Å². The molecule has 34 heavy (non-hydrogen) atoms. The van der Waals surface area contributed by atoms with E-state index in [0.29, 0.717) is 31.2 Å². The van der Waals surface area contributed by atoms with Gasteiger partial charge in [-0.15, -0.1) is 11.3 Å². The highest BCUT2D eigenvalue weighted by Crippen LogP contribution is 2.28. The van der Waals surface area contributed by atoms with Crippen LogP contribution in [0.15, 0.2) is 35.7 Å². The zero-order valence-corrected chi connectivity index (χ0v) is 21.4. The lowest BCUT2D eigenvalue weighted by Crippen LogP contribution is -2.47. The number of nitrogens with zero attached hydrogens (tertiary/aromatic N) is 2. The molecule has 0 aliphatic carbocycles. The summed E-state index contributed by atoms with van der Waals surface area (Å²) in [5, 5.41) is 7.81. The number of amides is 2. The zero-order chi connectivity index (χ0) is 24.5. The van der Waals surface area contributed by atoms with Gasteiger partial charge in [-0.05, 0) is 48.9 Å². The van der Waals surface area contributed by atoms with E-state index in [2.05, 4.69) is 46.6 Å². The van der Waals surface area contributed by atoms with Crippen LogP contribution >= 0.6 is 11.3 Å². The SMILES string of the molecule is CCCC(NC(=O)c1ccc2c(c1)nc(Cc1cccs1)n2C(CC)CC)C(=O)NCCOC. The van der Waals surface area contributed by atoms with Crippen molar-refractivity contribution >= 4 is 34.2 Å². The Morgan fingerprint density at radius 1 is 1.18 bits per heavy atom. The van der Waals surface area contributed by atoms with Gasteiger partial charge in [0, 0.05) is 36.6 Å². The first-order valence-electron chi connectivity index (χ1n) is 12.1. The quantitative estimate of drug-likeness (QED) is 0.344. The number of carbonyl (C=O) groups excluding carboxylic acids is 2. The average molecular weight is 485 g/mol. The predicted octanol–water partition coefficient (Wildman–Crippen LogP) is 4.71. The van der Waals surface area contributed by atoms with Crippen molar-refractivity contribution in [1.29, 1.82) is 0 Å². The molecule has 0 saturated carbocycles. The van der Waals surface area contributed by atoms with Crippen LogP contribution in [0.3, 0.4) is 0 Å². The number of aromatic nitrogens is 2. The minimum atomic E-state index is -0.582. The lowest BCUT2D eigenvalue weighted by atomic mass is 10.1. The maximum absolute atomic E-state index is 13.1. The Morgan fingerprint density at radius 2 is 1.97 bits per heavy atom. The van der Waals surface area contributed by atoms with E-state index in [4.69, 9.17) is 9.72 Å². The lowest BCUT2D eigenvalue weighted by molar-refractivity contribution is -0.123. The molecule has 2 aromatic heterocycles. The lowest BCUT2D eigenvalue weighted by Gasteiger charge is -2.19. The van der Waals surface area contributed by atoms with Gasteiger partial charge in [0.1, 0.15) is 11.9 Å². The van der Waals surface area contributed by atoms with Crippen molar-refractivity contribution in [3.8, 4) is 0 Å². The van der Waals surface area contributed by atoms with E-state index in [1.165, 1.54) is 4.88 Å². The van der Waals surface area contributed by atoms with Crippen molar-refractivity contribution in [1.82, 2.24) is 20.2 Å². The fourth-order valence-corrected chi connectivity index (χ4v) is 4.94. The summed E-state index contributed by atoms with van der Waals surface area (Å²) in [4.78, 5) is 31.8. The number of carbonyl (C=O) groups is 2. The molecule has 2 N–H and O–H groups in total. The summed E-state index contributed by atoms with van der Waals surface area (Å²) in [6.45, 7) is 7.23. The molecule has 3 rings (SSSR count). The standard InChI is InChI=1S/C26H36N4O3S/c1-5-9-21(26(32)27-13-14-33-4)29-25(31)18-11-12-23-22(16-18)28-24(17-20-10-8-15-34-20)30(23)19(6-2)7-3/h8,10-12,15-16,19,21H,5-7,9,13-14,17H2,1-4H3,(H,27,32)(H,29,31). The summed E-state index contributed by atoms with van der Waals surface area (Å²) >= 11 is 1.73. The molecule has 0 radical (unpaired) electrons. The smallest absolute Gasteiger partial charge is 0.252 e. The Kier molecular flexibility index (Phi) is 9.65. The number of benzene rings is 1. The second-order valence-corrected chi connectivity index (χ2v) is 9.46. The molecule has 0 aliphatic rings. The summed E-state index contributed by atoms with van der Waals surface area (Å²) in [6.07, 6.45) is 4.15. The van der Waals surface area contributed by atoms with Crippen LogP contribution in [0.5, 0.6) is 0 Å². The first-order valence-corrected chi connectivity index (χ1v) is 13.0. The molecule has 1 atom stereocenters. The van der Waals surface area contributed by atoms with Crippen LogP contribution in [0.25, 0.3) is 11.0 Å². The van der Waals surface area contributed by atoms with E-state index in [0.717, 1.165) is 42.5 Å². The van der Waals surface area contributed by atoms with Crippen molar-refractivity contribution < 1.29 is 14.3 Å². The highest BCUT2D eigenvalue weighted by Gasteiger charge is 2.22. The Bertz CT molecular complexity index is 1070. The van der Waals surface area contributed by atoms with E-state index in [-0.39, 0.29) is 11.8 Å². The fraction of sp³-hybridized carbons (Fsp3) is 0.500. The number of methoxy groups -OCH3 is 1. The highest BCUT2D eigenvalue weighted by molar-refractivity contribution is 7.09. The molecule has 7 nitrogen and oxygen atoms in total. The van der Waals surface area contributed by atoms with Gasteiger partial charge in [0.25, 0.3) is 5.91 Å². The minimum Gasteiger partial charge on any atom is -0.383 e. The molecule has 2 amide bonds. The van der Waals surface area contributed by atoms with Gasteiger partial charge in [0.15, 0.2) is 0 Å². The van der Waals surface area contributed by atoms with Crippen molar-refractivity contribution in [2.75, 3.05) is 20.3 Å². The van der Waals surface area contributed by atoms with E-state index in [1.807, 2.05) is 25.1 Å². The van der Waals surface area contributed by atoms with Gasteiger partial charge in [-0.2, -0.15) is 0 Å². The molecule has 1 unspecified atom stereocenters. The third-order valence-electron chi connectivity index (χ3n) is 6.05. The van der Waals surface area contributed by atoms with Crippen LogP contribution in [0, 0.1) is 0 Å². The highest BCUT2D eigenvalue weighted by atomic mass is 32.1. The number of hydrogen-bond acceptors (Lipinski definition) is 5. The van der Waals surface area contributed by atoms with E-state index in [9.17, 15) is 9.59 Å². The molecule has 0 saturated heterocycles. The minimum absolute atomic E-state index is 0.190. The Hall–Kier alpha value is -2.71. The number of imidazole rings is 1. The van der Waals surface area contributed by atoms with Gasteiger partial charge < -0.3 is 19.9 Å². The monoisotopic (exact) mass is 484 g/mol. The molecule has 0 bridgehead atoms. The first kappa shape index (κ1) is 25.9. The Labute approximate surface area is 205 Å². The molecule has 3 aromatic rings. The van der Waals surface area contributed by atoms with Crippen molar-refractivity contribution in [2.24, 2.45) is 0 Å². The van der Waals surface area contributed by atoms with Crippen molar-refractivity contribution in [3.63, 3.8) is 0 Å². The zero-order valence-electron chi connectivity index (χ0n) is 20.6. The van der Waals surface area contributed by atoms with Crippen LogP contribution in [-0.2, 0) is 16.0 Å². The molecule has 2 heterocycles. The Balaban J connectivity index is 1.86. The molecule has 0 fully saturated rings. The summed E-state index contributed by atoms with van der Waals surface area (Å²) in [6, 6.07) is 9.62. The largest absolute Gasteiger partial charge is 0.383 e. The first-order chi connectivity index (χ1) is 16.5. The van der Waals surface area contributed by atoms with Gasteiger partial charge in [-0.25, -0.2) is 4.98 Å². The average Bonchev–Trinajstić information content (AvgIpc) is 3.47. The number of fused-ring (bicyclic) bond motifs is 1. The molecule has 1 aromatic carbocycles. The van der Waals surface area contributed by atoms with Crippen LogP contribution in [-0.4, -0.2) is 47.7 Å². The third-order valence-corrected chi connectivity index (χ3v) is 6.93. The van der Waals surface area contributed by atoms with Crippen LogP contribution in [0.4, 0.5) is 0 Å². The molecule has 0 spiro atoms. The number of nitrogens with one attached hydrogen (secondary N) is 2. The maximum atomic E-state index is 13.1. The fourth-order valence-electron chi connectivity index (χ4n) is 4.24. The second-order valence-electron chi connectivity index (χ2n) is 8.43. The molecule has 8 heteroatoms. The summed E-state index contributed by atoms with van der Waals surface area (Å²) in [5.74, 6) is 0.564. The topological polar surface area (TPSA) is 85.2 Å². The summed E-state index contributed by atoms with van der Waals surface area (Å²) < 4.78 is 7.32. The maximum Gasteiger partial charge on any atom is 0.252 e. The van der Waals surface area contributed by atoms with E-state index in [1.54, 1.807) is 18.4 Å². The van der Waals surface area contributed by atoms with Gasteiger partial charge in [0.05, 0.1) is 17.6 Å². The molecular weight excluding hydrogens is 448 g/mol. The number of hydrogen-bond donors (Lipinski definition) is 2. The molecular formula is C26H36N4O3S. The van der Waals surface area contributed by atoms with Crippen molar-refractivity contribution in [2.45, 2.75) is 65.0 Å². The molecule has 0 aliphatic heterocycles. The second kappa shape index (κ2) is 12.7. The van der Waals surface area contributed by atoms with Gasteiger partial charge in [-0.1, -0.05) is 33.3 Å². The van der Waals surface area contributed by atoms with Gasteiger partial charge >= 0.3 is 0 Å². The van der Waals surface area contributed by atoms with E-state index >= 15 is 0 Å². The van der Waals surface area contributed by atoms with Gasteiger partial charge in [0.2, 0.25) is 5.91 Å². The molecule has 184 valence electrons. The summed E-state index contributed by atoms with van der Waals surface area (Å²) in [7, 11) is 1.59. The van der Waals surface area contributed by atoms with Gasteiger partial charge in [-0.3, -0.25) is 9.59 Å². The number of thiophene rings is 1. The van der Waals surface area contributed by atoms with Crippen LogP contribution in [0.1, 0.15) is 73.6 Å². The number of rotatable bonds is 13.